The van der Waals surface area contributed by atoms with Crippen molar-refractivity contribution < 1.29 is 9.47 Å². The molecule has 0 unspecified atom stereocenters. The lowest BCUT2D eigenvalue weighted by Gasteiger charge is -2.12. The monoisotopic (exact) mass is 380 g/mol. The fourth-order valence-electron chi connectivity index (χ4n) is 2.85. The summed E-state index contributed by atoms with van der Waals surface area (Å²) in [6.45, 7) is 3.34. The van der Waals surface area contributed by atoms with E-state index in [-0.39, 0.29) is 17.5 Å². The van der Waals surface area contributed by atoms with E-state index in [1.807, 2.05) is 0 Å². The number of hydrogen-bond acceptors (Lipinski definition) is 7. The maximum atomic E-state index is 12.7. The molecule has 0 aromatic carbocycles. The number of aryl methyl sites for hydroxylation is 2. The van der Waals surface area contributed by atoms with Crippen LogP contribution in [-0.2, 0) is 30.0 Å². The molecule has 2 aromatic heterocycles. The molecule has 0 amide bonds. The summed E-state index contributed by atoms with van der Waals surface area (Å²) in [6, 6.07) is 0. The number of nitrogens with zero attached hydrogens (tertiary/aromatic N) is 4. The summed E-state index contributed by atoms with van der Waals surface area (Å²) in [4.78, 5) is 34.0. The average Bonchev–Trinajstić information content (AvgIpc) is 3.16. The Hall–Kier alpha value is -1.71. The number of hydrogen-bond donors (Lipinski definition) is 0. The van der Waals surface area contributed by atoms with Crippen LogP contribution in [-0.4, -0.2) is 44.4 Å². The van der Waals surface area contributed by atoms with Crippen molar-refractivity contribution in [1.29, 1.82) is 0 Å². The third-order valence-electron chi connectivity index (χ3n) is 4.35. The summed E-state index contributed by atoms with van der Waals surface area (Å²) in [5.74, 6) is 1.37. The molecule has 0 aliphatic carbocycles. The van der Waals surface area contributed by atoms with Gasteiger partial charge in [-0.25, -0.2) is 14.8 Å². The maximum absolute atomic E-state index is 12.7. The van der Waals surface area contributed by atoms with Crippen molar-refractivity contribution in [3.8, 4) is 0 Å². The molecule has 26 heavy (non-hydrogen) atoms. The van der Waals surface area contributed by atoms with Gasteiger partial charge in [0.25, 0.3) is 5.56 Å². The van der Waals surface area contributed by atoms with Gasteiger partial charge in [0, 0.05) is 32.7 Å². The lowest BCUT2D eigenvalue weighted by atomic mass is 10.2. The number of fused-ring (bicyclic) bond motifs is 1. The van der Waals surface area contributed by atoms with E-state index in [9.17, 15) is 9.59 Å². The van der Waals surface area contributed by atoms with E-state index in [0.29, 0.717) is 47.3 Å². The maximum Gasteiger partial charge on any atom is 0.332 e. The standard InChI is InChI=1S/C17H24N4O4S/c1-4-5-6-11-18-14-13(16(22)21(3)17(23)20(14)2)15(19-11)26-10-7-12-24-8-9-25-12/h12H,4-10H2,1-3H3. The van der Waals surface area contributed by atoms with Gasteiger partial charge in [0.05, 0.1) is 13.2 Å². The summed E-state index contributed by atoms with van der Waals surface area (Å²) in [5.41, 5.74) is -0.345. The molecular formula is C17H24N4O4S. The van der Waals surface area contributed by atoms with E-state index in [1.54, 1.807) is 7.05 Å². The highest BCUT2D eigenvalue weighted by Crippen LogP contribution is 2.24. The summed E-state index contributed by atoms with van der Waals surface area (Å²) in [7, 11) is 3.11. The van der Waals surface area contributed by atoms with Gasteiger partial charge in [-0.05, 0) is 6.42 Å². The van der Waals surface area contributed by atoms with Gasteiger partial charge in [-0.1, -0.05) is 13.3 Å². The third kappa shape index (κ3) is 3.84. The molecule has 1 aliphatic rings. The summed E-state index contributed by atoms with van der Waals surface area (Å²) >= 11 is 1.48. The Morgan fingerprint density at radius 1 is 1.15 bits per heavy atom. The molecule has 0 radical (unpaired) electrons. The highest BCUT2D eigenvalue weighted by Gasteiger charge is 2.19. The van der Waals surface area contributed by atoms with Crippen LogP contribution in [0.3, 0.4) is 0 Å². The lowest BCUT2D eigenvalue weighted by Crippen LogP contribution is -2.37. The number of ether oxygens (including phenoxy) is 2. The average molecular weight is 380 g/mol. The molecule has 2 aromatic rings. The van der Waals surface area contributed by atoms with Gasteiger partial charge in [-0.15, -0.1) is 11.8 Å². The van der Waals surface area contributed by atoms with Crippen LogP contribution >= 0.6 is 11.8 Å². The Morgan fingerprint density at radius 2 is 1.88 bits per heavy atom. The van der Waals surface area contributed by atoms with Crippen LogP contribution < -0.4 is 11.2 Å². The van der Waals surface area contributed by atoms with Crippen molar-refractivity contribution in [2.24, 2.45) is 14.1 Å². The molecule has 0 bridgehead atoms. The number of unbranched alkanes of at least 4 members (excludes halogenated alkanes) is 1. The molecule has 0 saturated carbocycles. The fourth-order valence-corrected chi connectivity index (χ4v) is 3.85. The highest BCUT2D eigenvalue weighted by atomic mass is 32.2. The van der Waals surface area contributed by atoms with Crippen LogP contribution in [0.5, 0.6) is 0 Å². The van der Waals surface area contributed by atoms with Crippen LogP contribution in [0.4, 0.5) is 0 Å². The van der Waals surface area contributed by atoms with E-state index >= 15 is 0 Å². The third-order valence-corrected chi connectivity index (χ3v) is 5.36. The minimum atomic E-state index is -0.383. The summed E-state index contributed by atoms with van der Waals surface area (Å²) in [5, 5.41) is 1.02. The van der Waals surface area contributed by atoms with Gasteiger partial charge in [-0.2, -0.15) is 0 Å². The zero-order valence-electron chi connectivity index (χ0n) is 15.4. The molecule has 1 aliphatic heterocycles. The van der Waals surface area contributed by atoms with Crippen LogP contribution in [0.2, 0.25) is 0 Å². The zero-order valence-corrected chi connectivity index (χ0v) is 16.2. The van der Waals surface area contributed by atoms with E-state index < -0.39 is 0 Å². The molecule has 1 fully saturated rings. The van der Waals surface area contributed by atoms with Crippen LogP contribution in [0, 0.1) is 0 Å². The quantitative estimate of drug-likeness (QED) is 0.527. The Kier molecular flexibility index (Phi) is 6.10. The molecule has 3 rings (SSSR count). The van der Waals surface area contributed by atoms with Crippen LogP contribution in [0.15, 0.2) is 14.6 Å². The second kappa shape index (κ2) is 8.32. The Morgan fingerprint density at radius 3 is 2.58 bits per heavy atom. The molecule has 3 heterocycles. The van der Waals surface area contributed by atoms with E-state index in [1.165, 1.54) is 23.4 Å². The molecular weight excluding hydrogens is 356 g/mol. The Balaban J connectivity index is 1.99. The molecule has 8 nitrogen and oxygen atoms in total. The first-order valence-corrected chi connectivity index (χ1v) is 9.84. The second-order valence-corrected chi connectivity index (χ2v) is 7.34. The smallest absolute Gasteiger partial charge is 0.332 e. The molecule has 1 saturated heterocycles. The van der Waals surface area contributed by atoms with Gasteiger partial charge in [0.1, 0.15) is 16.2 Å². The predicted molar refractivity (Wildman–Crippen MR) is 99.7 cm³/mol. The van der Waals surface area contributed by atoms with Gasteiger partial charge in [0.2, 0.25) is 0 Å². The molecule has 0 N–H and O–H groups in total. The van der Waals surface area contributed by atoms with Crippen LogP contribution in [0.25, 0.3) is 11.0 Å². The van der Waals surface area contributed by atoms with Crippen molar-refractivity contribution in [1.82, 2.24) is 19.1 Å². The first-order valence-electron chi connectivity index (χ1n) is 8.85. The van der Waals surface area contributed by atoms with Gasteiger partial charge >= 0.3 is 5.69 Å². The predicted octanol–water partition coefficient (Wildman–Crippen LogP) is 1.22. The van der Waals surface area contributed by atoms with Gasteiger partial charge < -0.3 is 9.47 Å². The molecule has 0 atom stereocenters. The van der Waals surface area contributed by atoms with E-state index in [4.69, 9.17) is 9.47 Å². The number of thioether (sulfide) groups is 1. The van der Waals surface area contributed by atoms with Crippen molar-refractivity contribution in [3.05, 3.63) is 26.7 Å². The number of aromatic nitrogens is 4. The summed E-state index contributed by atoms with van der Waals surface area (Å²) in [6.07, 6.45) is 3.22. The fraction of sp³-hybridized carbons (Fsp3) is 0.647. The van der Waals surface area contributed by atoms with E-state index in [0.717, 1.165) is 23.8 Å². The second-order valence-electron chi connectivity index (χ2n) is 6.26. The SMILES string of the molecule is CCCCc1nc(SCCC2OCCO2)c2c(=O)n(C)c(=O)n(C)c2n1. The molecule has 0 spiro atoms. The molecule has 142 valence electrons. The molecule has 9 heteroatoms. The lowest BCUT2D eigenvalue weighted by molar-refractivity contribution is -0.0421. The van der Waals surface area contributed by atoms with Crippen molar-refractivity contribution in [3.63, 3.8) is 0 Å². The highest BCUT2D eigenvalue weighted by molar-refractivity contribution is 7.99. The zero-order chi connectivity index (χ0) is 18.7. The normalized spacial score (nSPS) is 15.2. The topological polar surface area (TPSA) is 88.2 Å². The summed E-state index contributed by atoms with van der Waals surface area (Å²) < 4.78 is 13.4. The first kappa shape index (κ1) is 19.1. The van der Waals surface area contributed by atoms with Crippen molar-refractivity contribution in [2.75, 3.05) is 19.0 Å². The van der Waals surface area contributed by atoms with Gasteiger partial charge in [0.15, 0.2) is 11.9 Å². The van der Waals surface area contributed by atoms with Crippen molar-refractivity contribution >= 4 is 22.8 Å². The largest absolute Gasteiger partial charge is 0.350 e. The first-order chi connectivity index (χ1) is 12.5. The van der Waals surface area contributed by atoms with Gasteiger partial charge in [-0.3, -0.25) is 13.9 Å². The Bertz CT molecular complexity index is 902. The minimum Gasteiger partial charge on any atom is -0.350 e. The number of rotatable bonds is 7. The van der Waals surface area contributed by atoms with Crippen molar-refractivity contribution in [2.45, 2.75) is 43.9 Å². The van der Waals surface area contributed by atoms with Crippen LogP contribution in [0.1, 0.15) is 32.0 Å². The van der Waals surface area contributed by atoms with E-state index in [2.05, 4.69) is 16.9 Å². The Labute approximate surface area is 155 Å². The minimum absolute atomic E-state index is 0.192.